The minimum absolute atomic E-state index is 0.0195. The molecule has 0 unspecified atom stereocenters. The van der Waals surface area contributed by atoms with Crippen LogP contribution in [0.4, 0.5) is 5.69 Å². The number of nitrogens with zero attached hydrogens (tertiary/aromatic N) is 2. The van der Waals surface area contributed by atoms with E-state index in [4.69, 9.17) is 0 Å². The lowest BCUT2D eigenvalue weighted by Gasteiger charge is -2.28. The summed E-state index contributed by atoms with van der Waals surface area (Å²) < 4.78 is 4.58. The first-order chi connectivity index (χ1) is 20.7. The molecule has 2 aromatic heterocycles. The smallest absolute Gasteiger partial charge is 0.244 e. The minimum atomic E-state index is -1.03. The fraction of sp³-hybridized carbons (Fsp3) is 0.0789. The van der Waals surface area contributed by atoms with E-state index in [1.54, 1.807) is 0 Å². The van der Waals surface area contributed by atoms with Gasteiger partial charge in [-0.2, -0.15) is 0 Å². The molecule has 202 valence electrons. The molecule has 4 nitrogen and oxygen atoms in total. The van der Waals surface area contributed by atoms with E-state index in [0.717, 1.165) is 57.3 Å². The van der Waals surface area contributed by atoms with Crippen LogP contribution in [0, 0.1) is 0 Å². The average molecular weight is 544 g/mol. The number of hydrogen-bond donors (Lipinski definition) is 1. The fourth-order valence-electron chi connectivity index (χ4n) is 6.85. The molecule has 1 N–H and O–H groups in total. The molecule has 8 rings (SSSR count). The Morgan fingerprint density at radius 1 is 0.500 bits per heavy atom. The number of carbonyl (C=O) groups excluding carboxylic acids is 1. The van der Waals surface area contributed by atoms with Gasteiger partial charge in [-0.3, -0.25) is 4.79 Å². The number of fused-ring (bicyclic) bond motifs is 3. The molecule has 0 atom stereocenters. The molecule has 3 heterocycles. The van der Waals surface area contributed by atoms with Crippen LogP contribution in [0.15, 0.2) is 146 Å². The Hall–Kier alpha value is -5.35. The number of amides is 1. The molecule has 4 heteroatoms. The molecule has 0 saturated heterocycles. The first-order valence-electron chi connectivity index (χ1n) is 14.4. The second kappa shape index (κ2) is 9.64. The van der Waals surface area contributed by atoms with Gasteiger partial charge in [0, 0.05) is 69.7 Å². The molecule has 5 aromatic carbocycles. The van der Waals surface area contributed by atoms with Crippen molar-refractivity contribution in [3.8, 4) is 0 Å². The molecule has 0 saturated carbocycles. The summed E-state index contributed by atoms with van der Waals surface area (Å²) in [6.45, 7) is 1.44. The quantitative estimate of drug-likeness (QED) is 0.227. The van der Waals surface area contributed by atoms with Crippen LogP contribution < -0.4 is 5.32 Å². The molecule has 0 bridgehead atoms. The molecule has 1 amide bonds. The van der Waals surface area contributed by atoms with E-state index in [1.807, 2.05) is 30.3 Å². The zero-order valence-electron chi connectivity index (χ0n) is 23.1. The monoisotopic (exact) mass is 543 g/mol. The van der Waals surface area contributed by atoms with Crippen molar-refractivity contribution >= 4 is 33.4 Å². The Labute approximate surface area is 244 Å². The normalized spacial score (nSPS) is 13.9. The fourth-order valence-corrected chi connectivity index (χ4v) is 6.85. The summed E-state index contributed by atoms with van der Waals surface area (Å²) in [5.74, 6) is -0.0195. The number of nitrogens with one attached hydrogen (secondary N) is 1. The van der Waals surface area contributed by atoms with Gasteiger partial charge in [0.2, 0.25) is 5.91 Å². The SMILES string of the molecule is O=C1Nc2ccccc2C1(c1cn(Cc2ccccc2)c2ccccc12)c1cn(Cc2ccccc2)c2ccccc12. The lowest BCUT2D eigenvalue weighted by molar-refractivity contribution is -0.118. The second-order valence-corrected chi connectivity index (χ2v) is 11.1. The van der Waals surface area contributed by atoms with Crippen molar-refractivity contribution < 1.29 is 4.79 Å². The highest BCUT2D eigenvalue weighted by Gasteiger charge is 2.52. The van der Waals surface area contributed by atoms with Gasteiger partial charge >= 0.3 is 0 Å². The topological polar surface area (TPSA) is 39.0 Å². The summed E-state index contributed by atoms with van der Waals surface area (Å²) in [6.07, 6.45) is 4.42. The molecule has 0 spiro atoms. The average Bonchev–Trinajstić information content (AvgIpc) is 3.68. The lowest BCUT2D eigenvalue weighted by atomic mass is 9.70. The third kappa shape index (κ3) is 3.65. The molecule has 42 heavy (non-hydrogen) atoms. The van der Waals surface area contributed by atoms with Crippen LogP contribution in [-0.4, -0.2) is 15.0 Å². The van der Waals surface area contributed by atoms with E-state index < -0.39 is 5.41 Å². The number of benzene rings is 5. The summed E-state index contributed by atoms with van der Waals surface area (Å²) in [4.78, 5) is 14.6. The lowest BCUT2D eigenvalue weighted by Crippen LogP contribution is -2.36. The van der Waals surface area contributed by atoms with Gasteiger partial charge in [-0.25, -0.2) is 0 Å². The van der Waals surface area contributed by atoms with Crippen LogP contribution in [0.1, 0.15) is 27.8 Å². The summed E-state index contributed by atoms with van der Waals surface area (Å²) in [6, 6.07) is 46.1. The Morgan fingerprint density at radius 3 is 1.50 bits per heavy atom. The molecular weight excluding hydrogens is 514 g/mol. The Balaban J connectivity index is 1.43. The van der Waals surface area contributed by atoms with Crippen molar-refractivity contribution in [3.63, 3.8) is 0 Å². The van der Waals surface area contributed by atoms with Crippen LogP contribution in [0.25, 0.3) is 21.8 Å². The standard InChI is InChI=1S/C38H29N3O/c42-37-38(31-19-9-10-20-34(31)39-37,32-25-40(23-27-13-3-1-4-14-27)35-21-11-7-17-29(32)35)33-26-41(24-28-15-5-2-6-16-28)36-22-12-8-18-30(33)36/h1-22,25-26H,23-24H2,(H,39,42). The summed E-state index contributed by atoms with van der Waals surface area (Å²) in [5.41, 5.74) is 7.48. The third-order valence-electron chi connectivity index (χ3n) is 8.70. The van der Waals surface area contributed by atoms with Gasteiger partial charge in [-0.15, -0.1) is 0 Å². The third-order valence-corrected chi connectivity index (χ3v) is 8.70. The van der Waals surface area contributed by atoms with Crippen molar-refractivity contribution in [2.24, 2.45) is 0 Å². The molecular formula is C38H29N3O. The van der Waals surface area contributed by atoms with E-state index in [2.05, 4.69) is 130 Å². The van der Waals surface area contributed by atoms with E-state index >= 15 is 0 Å². The minimum Gasteiger partial charge on any atom is -0.343 e. The van der Waals surface area contributed by atoms with Gasteiger partial charge in [0.05, 0.1) is 0 Å². The van der Waals surface area contributed by atoms with Gasteiger partial charge in [-0.1, -0.05) is 115 Å². The van der Waals surface area contributed by atoms with Crippen LogP contribution >= 0.6 is 0 Å². The maximum Gasteiger partial charge on any atom is 0.244 e. The van der Waals surface area contributed by atoms with Gasteiger partial charge in [-0.05, 0) is 29.3 Å². The van der Waals surface area contributed by atoms with Crippen LogP contribution in [-0.2, 0) is 23.3 Å². The Kier molecular flexibility index (Phi) is 5.61. The highest BCUT2D eigenvalue weighted by Crippen LogP contribution is 2.52. The zero-order chi connectivity index (χ0) is 28.1. The number of hydrogen-bond acceptors (Lipinski definition) is 1. The second-order valence-electron chi connectivity index (χ2n) is 11.1. The van der Waals surface area contributed by atoms with Crippen molar-refractivity contribution in [1.82, 2.24) is 9.13 Å². The Morgan fingerprint density at radius 2 is 0.952 bits per heavy atom. The highest BCUT2D eigenvalue weighted by atomic mass is 16.2. The van der Waals surface area contributed by atoms with Gasteiger partial charge in [0.25, 0.3) is 0 Å². The number of carbonyl (C=O) groups is 1. The highest BCUT2D eigenvalue weighted by molar-refractivity contribution is 6.15. The van der Waals surface area contributed by atoms with Gasteiger partial charge in [0.15, 0.2) is 0 Å². The van der Waals surface area contributed by atoms with Crippen molar-refractivity contribution in [2.75, 3.05) is 5.32 Å². The van der Waals surface area contributed by atoms with Crippen LogP contribution in [0.3, 0.4) is 0 Å². The summed E-state index contributed by atoms with van der Waals surface area (Å²) in [5, 5.41) is 5.44. The molecule has 0 aliphatic carbocycles. The Bertz CT molecular complexity index is 1970. The van der Waals surface area contributed by atoms with E-state index in [9.17, 15) is 4.79 Å². The van der Waals surface area contributed by atoms with Crippen LogP contribution in [0.2, 0.25) is 0 Å². The largest absolute Gasteiger partial charge is 0.343 e. The first kappa shape index (κ1) is 24.4. The number of para-hydroxylation sites is 3. The molecule has 7 aromatic rings. The first-order valence-corrected chi connectivity index (χ1v) is 14.4. The van der Waals surface area contributed by atoms with Crippen molar-refractivity contribution in [1.29, 1.82) is 0 Å². The summed E-state index contributed by atoms with van der Waals surface area (Å²) >= 11 is 0. The van der Waals surface area contributed by atoms with Gasteiger partial charge < -0.3 is 14.5 Å². The van der Waals surface area contributed by atoms with Crippen molar-refractivity contribution in [2.45, 2.75) is 18.5 Å². The number of aromatic nitrogens is 2. The molecule has 1 aliphatic heterocycles. The molecule has 1 aliphatic rings. The predicted octanol–water partition coefficient (Wildman–Crippen LogP) is 7.98. The molecule has 0 fully saturated rings. The van der Waals surface area contributed by atoms with Crippen LogP contribution in [0.5, 0.6) is 0 Å². The zero-order valence-corrected chi connectivity index (χ0v) is 23.1. The van der Waals surface area contributed by atoms with Crippen molar-refractivity contribution in [3.05, 3.63) is 174 Å². The van der Waals surface area contributed by atoms with E-state index in [0.29, 0.717) is 0 Å². The maximum absolute atomic E-state index is 14.6. The van der Waals surface area contributed by atoms with Gasteiger partial charge in [0.1, 0.15) is 5.41 Å². The predicted molar refractivity (Wildman–Crippen MR) is 170 cm³/mol. The maximum atomic E-state index is 14.6. The van der Waals surface area contributed by atoms with E-state index in [-0.39, 0.29) is 5.91 Å². The summed E-state index contributed by atoms with van der Waals surface area (Å²) in [7, 11) is 0. The van der Waals surface area contributed by atoms with E-state index in [1.165, 1.54) is 11.1 Å². The number of rotatable bonds is 6. The number of anilines is 1. The molecule has 0 radical (unpaired) electrons.